The van der Waals surface area contributed by atoms with Crippen LogP contribution in [0.1, 0.15) is 12.8 Å². The largest absolute Gasteiger partial charge is 0.376 e. The second kappa shape index (κ2) is 6.44. The number of thioether (sulfide) groups is 1. The number of amides is 2. The minimum atomic E-state index is -0.166. The van der Waals surface area contributed by atoms with Crippen LogP contribution in [-0.2, 0) is 14.3 Å². The smallest absolute Gasteiger partial charge is 0.240 e. The lowest BCUT2D eigenvalue weighted by Gasteiger charge is -2.27. The number of aromatic nitrogens is 1. The zero-order valence-electron chi connectivity index (χ0n) is 11.6. The predicted molar refractivity (Wildman–Crippen MR) is 79.3 cm³/mol. The molecule has 6 nitrogen and oxygen atoms in total. The van der Waals surface area contributed by atoms with Crippen molar-refractivity contribution < 1.29 is 14.3 Å². The molecule has 1 fully saturated rings. The van der Waals surface area contributed by atoms with Crippen LogP contribution in [0, 0.1) is 0 Å². The number of carbonyl (C=O) groups is 2. The van der Waals surface area contributed by atoms with E-state index in [1.807, 2.05) is 6.07 Å². The first-order valence-electron chi connectivity index (χ1n) is 7.00. The molecule has 0 aliphatic carbocycles. The minimum absolute atomic E-state index is 0.0325. The Morgan fingerprint density at radius 1 is 1.57 bits per heavy atom. The molecule has 3 heterocycles. The third-order valence-corrected chi connectivity index (χ3v) is 4.51. The normalized spacial score (nSPS) is 21.2. The van der Waals surface area contributed by atoms with Crippen molar-refractivity contribution in [1.29, 1.82) is 0 Å². The van der Waals surface area contributed by atoms with Gasteiger partial charge in [-0.2, -0.15) is 0 Å². The van der Waals surface area contributed by atoms with Gasteiger partial charge in [-0.1, -0.05) is 11.8 Å². The molecular formula is C14H17N3O3S. The summed E-state index contributed by atoms with van der Waals surface area (Å²) in [4.78, 5) is 29.8. The Bertz CT molecular complexity index is 546. The van der Waals surface area contributed by atoms with Gasteiger partial charge in [0, 0.05) is 19.3 Å². The number of anilines is 1. The summed E-state index contributed by atoms with van der Waals surface area (Å²) in [5.74, 6) is 0.0940. The van der Waals surface area contributed by atoms with E-state index >= 15 is 0 Å². The van der Waals surface area contributed by atoms with Crippen LogP contribution in [0.15, 0.2) is 23.4 Å². The summed E-state index contributed by atoms with van der Waals surface area (Å²) in [6.07, 6.45) is 3.82. The monoisotopic (exact) mass is 307 g/mol. The number of nitrogens with zero attached hydrogens (tertiary/aromatic N) is 2. The molecule has 3 rings (SSSR count). The van der Waals surface area contributed by atoms with Crippen LogP contribution >= 0.6 is 11.8 Å². The number of hydrogen-bond acceptors (Lipinski definition) is 5. The van der Waals surface area contributed by atoms with Gasteiger partial charge >= 0.3 is 0 Å². The molecule has 0 aromatic carbocycles. The average molecular weight is 307 g/mol. The maximum absolute atomic E-state index is 12.0. The molecule has 1 aromatic heterocycles. The molecule has 1 atom stereocenters. The number of pyridine rings is 1. The zero-order chi connectivity index (χ0) is 14.7. The van der Waals surface area contributed by atoms with Crippen LogP contribution < -0.4 is 10.2 Å². The van der Waals surface area contributed by atoms with Gasteiger partial charge in [0.15, 0.2) is 0 Å². The standard InChI is InChI=1S/C14H17N3O3S/c18-12(16-7-10-3-2-6-20-10)8-17-11-4-1-5-15-14(11)21-9-13(17)19/h1,4-5,10H,2-3,6-9H2,(H,16,18)/t10-/m1/s1. The summed E-state index contributed by atoms with van der Waals surface area (Å²) >= 11 is 1.41. The lowest BCUT2D eigenvalue weighted by Crippen LogP contribution is -2.44. The molecule has 0 spiro atoms. The van der Waals surface area contributed by atoms with Crippen molar-refractivity contribution in [3.63, 3.8) is 0 Å². The van der Waals surface area contributed by atoms with Gasteiger partial charge in [-0.25, -0.2) is 4.98 Å². The fraction of sp³-hybridized carbons (Fsp3) is 0.500. The molecule has 1 saturated heterocycles. The molecule has 0 bridgehead atoms. The van der Waals surface area contributed by atoms with Crippen molar-refractivity contribution in [3.8, 4) is 0 Å². The highest BCUT2D eigenvalue weighted by Gasteiger charge is 2.27. The topological polar surface area (TPSA) is 71.5 Å². The summed E-state index contributed by atoms with van der Waals surface area (Å²) in [5.41, 5.74) is 0.714. The van der Waals surface area contributed by atoms with Crippen molar-refractivity contribution in [2.45, 2.75) is 24.0 Å². The lowest BCUT2D eigenvalue weighted by atomic mass is 10.2. The maximum Gasteiger partial charge on any atom is 0.240 e. The Balaban J connectivity index is 1.60. The Morgan fingerprint density at radius 3 is 3.29 bits per heavy atom. The molecule has 2 aliphatic heterocycles. The zero-order valence-corrected chi connectivity index (χ0v) is 12.4. The lowest BCUT2D eigenvalue weighted by molar-refractivity contribution is -0.123. The SMILES string of the molecule is O=C(CN1C(=O)CSc2ncccc21)NC[C@H]1CCCO1. The van der Waals surface area contributed by atoms with Crippen LogP contribution in [0.3, 0.4) is 0 Å². The minimum Gasteiger partial charge on any atom is -0.376 e. The number of hydrogen-bond donors (Lipinski definition) is 1. The fourth-order valence-corrected chi connectivity index (χ4v) is 3.32. The van der Waals surface area contributed by atoms with E-state index in [4.69, 9.17) is 4.74 Å². The second-order valence-electron chi connectivity index (χ2n) is 5.04. The Morgan fingerprint density at radius 2 is 2.48 bits per heavy atom. The van der Waals surface area contributed by atoms with E-state index in [0.29, 0.717) is 18.0 Å². The van der Waals surface area contributed by atoms with Crippen LogP contribution in [0.5, 0.6) is 0 Å². The predicted octanol–water partition coefficient (Wildman–Crippen LogP) is 0.815. The summed E-state index contributed by atoms with van der Waals surface area (Å²) in [6.45, 7) is 1.31. The van der Waals surface area contributed by atoms with Gasteiger partial charge in [0.05, 0.1) is 17.5 Å². The molecule has 7 heteroatoms. The highest BCUT2D eigenvalue weighted by molar-refractivity contribution is 8.00. The van der Waals surface area contributed by atoms with Crippen LogP contribution in [0.25, 0.3) is 0 Å². The molecule has 0 saturated carbocycles. The van der Waals surface area contributed by atoms with Gasteiger partial charge in [0.1, 0.15) is 11.6 Å². The molecule has 1 aromatic rings. The van der Waals surface area contributed by atoms with Crippen LogP contribution in [-0.4, -0.2) is 48.4 Å². The average Bonchev–Trinajstić information content (AvgIpc) is 3.01. The molecule has 2 amide bonds. The first-order chi connectivity index (χ1) is 10.2. The first-order valence-corrected chi connectivity index (χ1v) is 7.99. The third-order valence-electron chi connectivity index (χ3n) is 3.53. The first kappa shape index (κ1) is 14.3. The van der Waals surface area contributed by atoms with Gasteiger partial charge in [0.25, 0.3) is 0 Å². The molecule has 0 radical (unpaired) electrons. The van der Waals surface area contributed by atoms with E-state index in [2.05, 4.69) is 10.3 Å². The van der Waals surface area contributed by atoms with E-state index in [-0.39, 0.29) is 24.5 Å². The number of fused-ring (bicyclic) bond motifs is 1. The Hall–Kier alpha value is -1.60. The Labute approximate surface area is 127 Å². The van der Waals surface area contributed by atoms with E-state index in [1.54, 1.807) is 12.3 Å². The van der Waals surface area contributed by atoms with E-state index < -0.39 is 0 Å². The van der Waals surface area contributed by atoms with E-state index in [1.165, 1.54) is 16.7 Å². The Kier molecular flexibility index (Phi) is 4.40. The number of carbonyl (C=O) groups excluding carboxylic acids is 2. The van der Waals surface area contributed by atoms with Gasteiger partial charge in [-0.15, -0.1) is 0 Å². The van der Waals surface area contributed by atoms with E-state index in [0.717, 1.165) is 24.5 Å². The quantitative estimate of drug-likeness (QED) is 0.891. The van der Waals surface area contributed by atoms with Crippen molar-refractivity contribution in [1.82, 2.24) is 10.3 Å². The maximum atomic E-state index is 12.0. The van der Waals surface area contributed by atoms with Crippen LogP contribution in [0.2, 0.25) is 0 Å². The van der Waals surface area contributed by atoms with Crippen molar-refractivity contribution in [2.75, 3.05) is 30.3 Å². The van der Waals surface area contributed by atoms with Gasteiger partial charge in [-0.05, 0) is 25.0 Å². The number of nitrogens with one attached hydrogen (secondary N) is 1. The third kappa shape index (κ3) is 3.36. The van der Waals surface area contributed by atoms with Gasteiger partial charge in [-0.3, -0.25) is 14.5 Å². The van der Waals surface area contributed by atoms with Gasteiger partial charge in [0.2, 0.25) is 11.8 Å². The second-order valence-corrected chi connectivity index (χ2v) is 6.00. The number of rotatable bonds is 4. The number of ether oxygens (including phenoxy) is 1. The molecule has 0 unspecified atom stereocenters. The molecule has 112 valence electrons. The van der Waals surface area contributed by atoms with E-state index in [9.17, 15) is 9.59 Å². The van der Waals surface area contributed by atoms with Crippen molar-refractivity contribution in [3.05, 3.63) is 18.3 Å². The summed E-state index contributed by atoms with van der Waals surface area (Å²) in [7, 11) is 0. The van der Waals surface area contributed by atoms with Crippen molar-refractivity contribution >= 4 is 29.3 Å². The molecule has 1 N–H and O–H groups in total. The summed E-state index contributed by atoms with van der Waals surface area (Å²) < 4.78 is 5.46. The van der Waals surface area contributed by atoms with Crippen molar-refractivity contribution in [2.24, 2.45) is 0 Å². The highest BCUT2D eigenvalue weighted by Crippen LogP contribution is 2.32. The molecule has 21 heavy (non-hydrogen) atoms. The molecular weight excluding hydrogens is 290 g/mol. The van der Waals surface area contributed by atoms with Gasteiger partial charge < -0.3 is 10.1 Å². The van der Waals surface area contributed by atoms with Crippen LogP contribution in [0.4, 0.5) is 5.69 Å². The highest BCUT2D eigenvalue weighted by atomic mass is 32.2. The summed E-state index contributed by atoms with van der Waals surface area (Å²) in [5, 5.41) is 3.63. The fourth-order valence-electron chi connectivity index (χ4n) is 2.45. The summed E-state index contributed by atoms with van der Waals surface area (Å²) in [6, 6.07) is 3.59. The molecule has 2 aliphatic rings.